The van der Waals surface area contributed by atoms with E-state index in [9.17, 15) is 9.18 Å². The van der Waals surface area contributed by atoms with Crippen LogP contribution in [0.1, 0.15) is 32.1 Å². The highest BCUT2D eigenvalue weighted by molar-refractivity contribution is 6.33. The van der Waals surface area contributed by atoms with Crippen LogP contribution in [0.25, 0.3) is 22.2 Å². The van der Waals surface area contributed by atoms with Crippen molar-refractivity contribution >= 4 is 40.0 Å². The molecule has 4 aromatic rings. The molecule has 5 rings (SSSR count). The SMILES string of the molecule is C=CC(=O)Nc1ccc(OC2CCCCC2)c(F)c1.Nc1ncc(Cl)c(-c2c[nH]c3ccccc23)n1. The van der Waals surface area contributed by atoms with E-state index in [0.29, 0.717) is 16.4 Å². The molecule has 2 heterocycles. The lowest BCUT2D eigenvalue weighted by molar-refractivity contribution is -0.111. The number of fused-ring (bicyclic) bond motifs is 1. The molecular formula is C27H27ClFN5O2. The Morgan fingerprint density at radius 1 is 1.22 bits per heavy atom. The minimum Gasteiger partial charge on any atom is -0.487 e. The van der Waals surface area contributed by atoms with Crippen molar-refractivity contribution in [1.82, 2.24) is 15.0 Å². The quantitative estimate of drug-likeness (QED) is 0.266. The van der Waals surface area contributed by atoms with Gasteiger partial charge in [-0.1, -0.05) is 42.8 Å². The average molecular weight is 508 g/mol. The normalized spacial score (nSPS) is 13.5. The number of para-hydroxylation sites is 1. The lowest BCUT2D eigenvalue weighted by Gasteiger charge is -2.23. The number of benzene rings is 2. The number of hydrogen-bond donors (Lipinski definition) is 3. The summed E-state index contributed by atoms with van der Waals surface area (Å²) in [5.41, 5.74) is 8.61. The van der Waals surface area contributed by atoms with Gasteiger partial charge in [-0.15, -0.1) is 0 Å². The number of aromatic amines is 1. The zero-order chi connectivity index (χ0) is 25.5. The zero-order valence-corrected chi connectivity index (χ0v) is 20.4. The Kier molecular flexibility index (Phi) is 8.17. The number of aromatic nitrogens is 3. The molecule has 36 heavy (non-hydrogen) atoms. The van der Waals surface area contributed by atoms with Crippen LogP contribution in [-0.4, -0.2) is 27.0 Å². The fraction of sp³-hybridized carbons (Fsp3) is 0.222. The van der Waals surface area contributed by atoms with Gasteiger partial charge in [0.1, 0.15) is 0 Å². The lowest BCUT2D eigenvalue weighted by Crippen LogP contribution is -2.20. The Morgan fingerprint density at radius 3 is 2.75 bits per heavy atom. The van der Waals surface area contributed by atoms with Gasteiger partial charge in [0.05, 0.1) is 23.0 Å². The average Bonchev–Trinajstić information content (AvgIpc) is 3.32. The van der Waals surface area contributed by atoms with Crippen LogP contribution in [0, 0.1) is 5.82 Å². The van der Waals surface area contributed by atoms with E-state index in [2.05, 4.69) is 26.8 Å². The highest BCUT2D eigenvalue weighted by atomic mass is 35.5. The van der Waals surface area contributed by atoms with E-state index in [1.807, 2.05) is 30.5 Å². The number of nitrogens with two attached hydrogens (primary N) is 1. The van der Waals surface area contributed by atoms with Crippen LogP contribution in [-0.2, 0) is 4.79 Å². The molecular weight excluding hydrogens is 481 g/mol. The molecule has 0 aliphatic heterocycles. The number of anilines is 2. The fourth-order valence-corrected chi connectivity index (χ4v) is 4.26. The van der Waals surface area contributed by atoms with Crippen molar-refractivity contribution in [2.75, 3.05) is 11.1 Å². The first-order valence-corrected chi connectivity index (χ1v) is 12.1. The van der Waals surface area contributed by atoms with Crippen molar-refractivity contribution in [3.8, 4) is 17.0 Å². The molecule has 0 bridgehead atoms. The maximum Gasteiger partial charge on any atom is 0.247 e. The number of rotatable bonds is 5. The summed E-state index contributed by atoms with van der Waals surface area (Å²) in [5.74, 6) is -0.342. The van der Waals surface area contributed by atoms with Crippen LogP contribution < -0.4 is 15.8 Å². The predicted octanol–water partition coefficient (Wildman–Crippen LogP) is 6.52. The molecule has 0 saturated heterocycles. The van der Waals surface area contributed by atoms with Gasteiger partial charge in [-0.25, -0.2) is 14.4 Å². The Bertz CT molecular complexity index is 1370. The summed E-state index contributed by atoms with van der Waals surface area (Å²) in [6.45, 7) is 3.34. The Morgan fingerprint density at radius 2 is 2.00 bits per heavy atom. The largest absolute Gasteiger partial charge is 0.487 e. The molecule has 2 aromatic carbocycles. The number of H-pyrrole nitrogens is 1. The highest BCUT2D eigenvalue weighted by Gasteiger charge is 2.17. The molecule has 9 heteroatoms. The van der Waals surface area contributed by atoms with Gasteiger partial charge in [-0.3, -0.25) is 4.79 Å². The van der Waals surface area contributed by atoms with Crippen LogP contribution in [0.4, 0.5) is 16.0 Å². The smallest absolute Gasteiger partial charge is 0.247 e. The molecule has 0 radical (unpaired) electrons. The first-order valence-electron chi connectivity index (χ1n) is 11.7. The number of amides is 1. The number of nitrogens with one attached hydrogen (secondary N) is 2. The third kappa shape index (κ3) is 6.20. The summed E-state index contributed by atoms with van der Waals surface area (Å²) in [4.78, 5) is 22.3. The number of halogens is 2. The Balaban J connectivity index is 0.000000170. The number of carbonyl (C=O) groups is 1. The van der Waals surface area contributed by atoms with E-state index in [0.717, 1.165) is 48.2 Å². The number of nitrogen functional groups attached to an aromatic ring is 1. The third-order valence-corrected chi connectivity index (χ3v) is 6.11. The van der Waals surface area contributed by atoms with Gasteiger partial charge in [-0.2, -0.15) is 0 Å². The predicted molar refractivity (Wildman–Crippen MR) is 141 cm³/mol. The molecule has 0 unspecified atom stereocenters. The van der Waals surface area contributed by atoms with Crippen LogP contribution in [0.5, 0.6) is 5.75 Å². The molecule has 1 aliphatic carbocycles. The molecule has 7 nitrogen and oxygen atoms in total. The standard InChI is InChI=1S/C15H18FNO2.C12H9ClN4/c1-2-15(18)17-11-8-9-14(13(16)10-11)19-12-6-4-3-5-7-12;13-9-6-16-12(14)17-11(9)8-5-15-10-4-2-1-3-7(8)10/h2,8-10,12H,1,3-7H2,(H,17,18);1-6,15H,(H2,14,16,17). The Labute approximate surface area is 213 Å². The minimum absolute atomic E-state index is 0.108. The van der Waals surface area contributed by atoms with E-state index in [-0.39, 0.29) is 23.7 Å². The summed E-state index contributed by atoms with van der Waals surface area (Å²) in [6.07, 6.45) is 10.1. The summed E-state index contributed by atoms with van der Waals surface area (Å²) in [5, 5.41) is 4.06. The molecule has 4 N–H and O–H groups in total. The van der Waals surface area contributed by atoms with Gasteiger partial charge in [0.2, 0.25) is 11.9 Å². The third-order valence-electron chi connectivity index (χ3n) is 5.84. The second kappa shape index (κ2) is 11.7. The second-order valence-electron chi connectivity index (χ2n) is 8.39. The summed E-state index contributed by atoms with van der Waals surface area (Å²) in [7, 11) is 0. The molecule has 2 aromatic heterocycles. The summed E-state index contributed by atoms with van der Waals surface area (Å²) >= 11 is 6.09. The molecule has 0 atom stereocenters. The van der Waals surface area contributed by atoms with Gasteiger partial charge in [0.15, 0.2) is 11.6 Å². The topological polar surface area (TPSA) is 106 Å². The number of hydrogen-bond acceptors (Lipinski definition) is 5. The second-order valence-corrected chi connectivity index (χ2v) is 8.80. The molecule has 1 fully saturated rings. The number of nitrogens with zero attached hydrogens (tertiary/aromatic N) is 2. The van der Waals surface area contributed by atoms with Gasteiger partial charge < -0.3 is 20.8 Å². The maximum atomic E-state index is 13.9. The summed E-state index contributed by atoms with van der Waals surface area (Å²) < 4.78 is 19.5. The number of carbonyl (C=O) groups excluding carboxylic acids is 1. The van der Waals surface area contributed by atoms with E-state index >= 15 is 0 Å². The van der Waals surface area contributed by atoms with Gasteiger partial charge in [-0.05, 0) is 50.0 Å². The minimum atomic E-state index is -0.451. The first kappa shape index (κ1) is 25.2. The van der Waals surface area contributed by atoms with Gasteiger partial charge >= 0.3 is 0 Å². The number of ether oxygens (including phenoxy) is 1. The van der Waals surface area contributed by atoms with Crippen molar-refractivity contribution in [2.24, 2.45) is 0 Å². The van der Waals surface area contributed by atoms with Crippen LogP contribution >= 0.6 is 11.6 Å². The lowest BCUT2D eigenvalue weighted by atomic mass is 9.98. The summed E-state index contributed by atoms with van der Waals surface area (Å²) in [6, 6.07) is 12.4. The highest BCUT2D eigenvalue weighted by Crippen LogP contribution is 2.32. The first-order chi connectivity index (χ1) is 17.4. The van der Waals surface area contributed by atoms with Crippen molar-refractivity contribution < 1.29 is 13.9 Å². The molecule has 1 aliphatic rings. The van der Waals surface area contributed by atoms with Crippen LogP contribution in [0.2, 0.25) is 5.02 Å². The van der Waals surface area contributed by atoms with Crippen molar-refractivity contribution in [2.45, 2.75) is 38.2 Å². The molecule has 0 spiro atoms. The monoisotopic (exact) mass is 507 g/mol. The van der Waals surface area contributed by atoms with Crippen LogP contribution in [0.15, 0.2) is 67.5 Å². The fourth-order valence-electron chi connectivity index (χ4n) is 4.07. The van der Waals surface area contributed by atoms with Gasteiger partial charge in [0, 0.05) is 34.4 Å². The van der Waals surface area contributed by atoms with Gasteiger partial charge in [0.25, 0.3) is 0 Å². The van der Waals surface area contributed by atoms with E-state index < -0.39 is 5.82 Å². The molecule has 1 saturated carbocycles. The van der Waals surface area contributed by atoms with E-state index in [4.69, 9.17) is 22.1 Å². The maximum absolute atomic E-state index is 13.9. The zero-order valence-electron chi connectivity index (χ0n) is 19.6. The van der Waals surface area contributed by atoms with E-state index in [1.54, 1.807) is 12.1 Å². The molecule has 1 amide bonds. The Hall–Kier alpha value is -3.91. The van der Waals surface area contributed by atoms with Crippen molar-refractivity contribution in [1.29, 1.82) is 0 Å². The van der Waals surface area contributed by atoms with Crippen molar-refractivity contribution in [3.05, 3.63) is 78.4 Å². The van der Waals surface area contributed by atoms with Crippen molar-refractivity contribution in [3.63, 3.8) is 0 Å². The van der Waals surface area contributed by atoms with Crippen LogP contribution in [0.3, 0.4) is 0 Å². The molecule has 186 valence electrons. The van der Waals surface area contributed by atoms with E-state index in [1.165, 1.54) is 18.7 Å².